The minimum Gasteiger partial charge on any atom is -0.383 e. The maximum absolute atomic E-state index is 6.11. The third-order valence-electron chi connectivity index (χ3n) is 3.49. The molecule has 96 valence electrons. The molecule has 2 rings (SSSR count). The van der Waals surface area contributed by atoms with Crippen molar-refractivity contribution in [1.29, 1.82) is 0 Å². The average Bonchev–Trinajstić information content (AvgIpc) is 2.59. The lowest BCUT2D eigenvalue weighted by Gasteiger charge is -2.32. The van der Waals surface area contributed by atoms with Crippen LogP contribution < -0.4 is 5.73 Å². The van der Waals surface area contributed by atoms with E-state index < -0.39 is 0 Å². The lowest BCUT2D eigenvalue weighted by molar-refractivity contribution is 0.181. The number of halogens is 1. The maximum atomic E-state index is 6.11. The standard InChI is InChI=1S/C12H21IN4/c1-3-6-16-7-4-10(5-8-16)17-12(14)11(13)9(2)15-17/h10H,3-8,14H2,1-2H3. The zero-order chi connectivity index (χ0) is 12.4. The fraction of sp³-hybridized carbons (Fsp3) is 0.750. The second-order valence-corrected chi connectivity index (χ2v) is 5.88. The molecule has 1 saturated heterocycles. The van der Waals surface area contributed by atoms with E-state index in [2.05, 4.69) is 39.5 Å². The summed E-state index contributed by atoms with van der Waals surface area (Å²) in [6, 6.07) is 0.491. The second kappa shape index (κ2) is 5.56. The van der Waals surface area contributed by atoms with E-state index in [0.29, 0.717) is 6.04 Å². The molecule has 17 heavy (non-hydrogen) atoms. The molecule has 0 aromatic carbocycles. The average molecular weight is 348 g/mol. The Kier molecular flexibility index (Phi) is 4.30. The van der Waals surface area contributed by atoms with E-state index in [4.69, 9.17) is 5.73 Å². The third-order valence-corrected chi connectivity index (χ3v) is 4.82. The third kappa shape index (κ3) is 2.76. The highest BCUT2D eigenvalue weighted by Crippen LogP contribution is 2.28. The molecule has 0 unspecified atom stereocenters. The Morgan fingerprint density at radius 3 is 2.53 bits per heavy atom. The van der Waals surface area contributed by atoms with Crippen LogP contribution in [-0.4, -0.2) is 34.3 Å². The molecule has 0 saturated carbocycles. The van der Waals surface area contributed by atoms with Crippen LogP contribution in [0.15, 0.2) is 0 Å². The van der Waals surface area contributed by atoms with Crippen LogP contribution in [-0.2, 0) is 0 Å². The van der Waals surface area contributed by atoms with E-state index in [0.717, 1.165) is 15.1 Å². The van der Waals surface area contributed by atoms with Crippen molar-refractivity contribution < 1.29 is 0 Å². The van der Waals surface area contributed by atoms with Crippen molar-refractivity contribution in [3.8, 4) is 0 Å². The molecule has 1 aliphatic rings. The molecular weight excluding hydrogens is 327 g/mol. The molecule has 0 spiro atoms. The number of hydrogen-bond donors (Lipinski definition) is 1. The van der Waals surface area contributed by atoms with Gasteiger partial charge in [0, 0.05) is 13.1 Å². The van der Waals surface area contributed by atoms with Crippen molar-refractivity contribution >= 4 is 28.4 Å². The van der Waals surface area contributed by atoms with Crippen molar-refractivity contribution in [1.82, 2.24) is 14.7 Å². The molecule has 0 bridgehead atoms. The number of nitrogens with two attached hydrogens (primary N) is 1. The van der Waals surface area contributed by atoms with Crippen molar-refractivity contribution in [3.63, 3.8) is 0 Å². The number of aromatic nitrogens is 2. The van der Waals surface area contributed by atoms with Gasteiger partial charge in [-0.3, -0.25) is 0 Å². The predicted octanol–water partition coefficient (Wildman–Crippen LogP) is 2.43. The first-order valence-corrected chi connectivity index (χ1v) is 7.43. The Bertz CT molecular complexity index is 380. The molecule has 2 heterocycles. The maximum Gasteiger partial charge on any atom is 0.135 e. The first-order valence-electron chi connectivity index (χ1n) is 6.36. The zero-order valence-electron chi connectivity index (χ0n) is 10.6. The Morgan fingerprint density at radius 2 is 2.06 bits per heavy atom. The van der Waals surface area contributed by atoms with E-state index in [1.165, 1.54) is 38.9 Å². The topological polar surface area (TPSA) is 47.1 Å². The molecule has 1 aliphatic heterocycles. The molecular formula is C12H21IN4. The first-order chi connectivity index (χ1) is 8.13. The summed E-state index contributed by atoms with van der Waals surface area (Å²) in [6.45, 7) is 7.84. The molecule has 1 aromatic heterocycles. The number of likely N-dealkylation sites (tertiary alicyclic amines) is 1. The van der Waals surface area contributed by atoms with Gasteiger partial charge in [-0.25, -0.2) is 4.68 Å². The molecule has 0 amide bonds. The SMILES string of the molecule is CCCN1CCC(n2nc(C)c(I)c2N)CC1. The number of aryl methyl sites for hydroxylation is 1. The summed E-state index contributed by atoms with van der Waals surface area (Å²) >= 11 is 2.28. The summed E-state index contributed by atoms with van der Waals surface area (Å²) in [5.74, 6) is 0.844. The Hall–Kier alpha value is -0.300. The molecule has 5 heteroatoms. The highest BCUT2D eigenvalue weighted by Gasteiger charge is 2.23. The monoisotopic (exact) mass is 348 g/mol. The summed E-state index contributed by atoms with van der Waals surface area (Å²) in [5, 5.41) is 4.57. The van der Waals surface area contributed by atoms with Gasteiger partial charge in [-0.2, -0.15) is 5.10 Å². The smallest absolute Gasteiger partial charge is 0.135 e. The number of anilines is 1. The summed E-state index contributed by atoms with van der Waals surface area (Å²) in [5.41, 5.74) is 7.16. The van der Waals surface area contributed by atoms with Gasteiger partial charge in [0.05, 0.1) is 15.3 Å². The fourth-order valence-electron chi connectivity index (χ4n) is 2.53. The van der Waals surface area contributed by atoms with Gasteiger partial charge < -0.3 is 10.6 Å². The Morgan fingerprint density at radius 1 is 1.41 bits per heavy atom. The van der Waals surface area contributed by atoms with E-state index in [1.54, 1.807) is 0 Å². The molecule has 2 N–H and O–H groups in total. The highest BCUT2D eigenvalue weighted by molar-refractivity contribution is 14.1. The zero-order valence-corrected chi connectivity index (χ0v) is 12.8. The molecule has 0 atom stereocenters. The summed E-state index contributed by atoms with van der Waals surface area (Å²) < 4.78 is 3.15. The van der Waals surface area contributed by atoms with Gasteiger partial charge in [-0.1, -0.05) is 6.92 Å². The minimum atomic E-state index is 0.491. The van der Waals surface area contributed by atoms with E-state index in [9.17, 15) is 0 Å². The van der Waals surface area contributed by atoms with Gasteiger partial charge in [-0.05, 0) is 55.3 Å². The van der Waals surface area contributed by atoms with Crippen LogP contribution >= 0.6 is 22.6 Å². The normalized spacial score (nSPS) is 18.8. The number of rotatable bonds is 3. The molecule has 4 nitrogen and oxygen atoms in total. The van der Waals surface area contributed by atoms with Crippen molar-refractivity contribution in [2.24, 2.45) is 0 Å². The number of nitrogens with zero attached hydrogens (tertiary/aromatic N) is 3. The van der Waals surface area contributed by atoms with Crippen LogP contribution in [0.4, 0.5) is 5.82 Å². The van der Waals surface area contributed by atoms with E-state index in [-0.39, 0.29) is 0 Å². The summed E-state index contributed by atoms with van der Waals surface area (Å²) in [7, 11) is 0. The van der Waals surface area contributed by atoms with Gasteiger partial charge in [-0.15, -0.1) is 0 Å². The summed E-state index contributed by atoms with van der Waals surface area (Å²) in [6.07, 6.45) is 3.58. The van der Waals surface area contributed by atoms with Crippen LogP contribution in [0, 0.1) is 10.5 Å². The Labute approximate surface area is 117 Å². The first kappa shape index (κ1) is 13.1. The lowest BCUT2D eigenvalue weighted by atomic mass is 10.1. The van der Waals surface area contributed by atoms with Crippen LogP contribution in [0.3, 0.4) is 0 Å². The number of nitrogen functional groups attached to an aromatic ring is 1. The highest BCUT2D eigenvalue weighted by atomic mass is 127. The predicted molar refractivity (Wildman–Crippen MR) is 79.1 cm³/mol. The quantitative estimate of drug-likeness (QED) is 0.854. The van der Waals surface area contributed by atoms with Gasteiger partial charge >= 0.3 is 0 Å². The van der Waals surface area contributed by atoms with Crippen molar-refractivity contribution in [3.05, 3.63) is 9.26 Å². The number of piperidine rings is 1. The van der Waals surface area contributed by atoms with Crippen LogP contribution in [0.1, 0.15) is 37.9 Å². The van der Waals surface area contributed by atoms with Gasteiger partial charge in [0.2, 0.25) is 0 Å². The minimum absolute atomic E-state index is 0.491. The van der Waals surface area contributed by atoms with Crippen LogP contribution in [0.2, 0.25) is 0 Å². The molecule has 1 aromatic rings. The molecule has 1 fully saturated rings. The van der Waals surface area contributed by atoms with Crippen molar-refractivity contribution in [2.45, 2.75) is 39.2 Å². The lowest BCUT2D eigenvalue weighted by Crippen LogP contribution is -2.35. The van der Waals surface area contributed by atoms with Crippen LogP contribution in [0.5, 0.6) is 0 Å². The van der Waals surface area contributed by atoms with E-state index in [1.807, 2.05) is 11.6 Å². The molecule has 0 radical (unpaired) electrons. The van der Waals surface area contributed by atoms with Gasteiger partial charge in [0.1, 0.15) is 5.82 Å². The van der Waals surface area contributed by atoms with Gasteiger partial charge in [0.25, 0.3) is 0 Å². The second-order valence-electron chi connectivity index (χ2n) is 4.80. The van der Waals surface area contributed by atoms with Crippen molar-refractivity contribution in [2.75, 3.05) is 25.4 Å². The van der Waals surface area contributed by atoms with Gasteiger partial charge in [0.15, 0.2) is 0 Å². The molecule has 0 aliphatic carbocycles. The Balaban J connectivity index is 2.03. The fourth-order valence-corrected chi connectivity index (χ4v) is 2.88. The summed E-state index contributed by atoms with van der Waals surface area (Å²) in [4.78, 5) is 2.54. The number of hydrogen-bond acceptors (Lipinski definition) is 3. The van der Waals surface area contributed by atoms with E-state index >= 15 is 0 Å². The largest absolute Gasteiger partial charge is 0.383 e. The van der Waals surface area contributed by atoms with Crippen LogP contribution in [0.25, 0.3) is 0 Å².